The van der Waals surface area contributed by atoms with E-state index in [9.17, 15) is 13.2 Å². The lowest BCUT2D eigenvalue weighted by Gasteiger charge is -1.99. The highest BCUT2D eigenvalue weighted by Gasteiger charge is 2.32. The monoisotopic (exact) mass is 343 g/mol. The third-order valence-corrected chi connectivity index (χ3v) is 3.69. The standard InChI is InChI=1S/C9H5F3INS/c10-9(11,12)8-4-5-3-6(14-13)1-2-7(5)15-8/h1-4,14H. The summed E-state index contributed by atoms with van der Waals surface area (Å²) >= 11 is 2.71. The summed E-state index contributed by atoms with van der Waals surface area (Å²) in [5.74, 6) is 0. The Bertz CT molecular complexity index is 492. The molecule has 1 N–H and O–H groups in total. The van der Waals surface area contributed by atoms with Crippen molar-refractivity contribution < 1.29 is 13.2 Å². The number of thiophene rings is 1. The lowest BCUT2D eigenvalue weighted by Crippen LogP contribution is -2.00. The summed E-state index contributed by atoms with van der Waals surface area (Å²) in [5.41, 5.74) is 0.801. The number of hydrogen-bond donors (Lipinski definition) is 1. The molecule has 6 heteroatoms. The van der Waals surface area contributed by atoms with E-state index in [4.69, 9.17) is 0 Å². The van der Waals surface area contributed by atoms with Crippen LogP contribution in [-0.4, -0.2) is 0 Å². The van der Waals surface area contributed by atoms with Crippen LogP contribution in [0.3, 0.4) is 0 Å². The summed E-state index contributed by atoms with van der Waals surface area (Å²) in [6.45, 7) is 0. The number of fused-ring (bicyclic) bond motifs is 1. The fourth-order valence-electron chi connectivity index (χ4n) is 1.24. The summed E-state index contributed by atoms with van der Waals surface area (Å²) in [4.78, 5) is -0.553. The third kappa shape index (κ3) is 2.20. The Morgan fingerprint density at radius 1 is 1.20 bits per heavy atom. The molecule has 0 spiro atoms. The van der Waals surface area contributed by atoms with E-state index in [2.05, 4.69) is 3.53 Å². The van der Waals surface area contributed by atoms with E-state index in [0.29, 0.717) is 10.1 Å². The quantitative estimate of drug-likeness (QED) is 0.586. The summed E-state index contributed by atoms with van der Waals surface area (Å²) < 4.78 is 40.7. The lowest BCUT2D eigenvalue weighted by molar-refractivity contribution is -0.134. The van der Waals surface area contributed by atoms with Gasteiger partial charge in [-0.25, -0.2) is 0 Å². The summed E-state index contributed by atoms with van der Waals surface area (Å²) in [6.07, 6.45) is -4.25. The van der Waals surface area contributed by atoms with E-state index in [-0.39, 0.29) is 0 Å². The SMILES string of the molecule is FC(F)(F)c1cc2cc(NI)ccc2s1. The molecule has 0 aliphatic heterocycles. The first kappa shape index (κ1) is 11.0. The Balaban J connectivity index is 2.56. The van der Waals surface area contributed by atoms with Gasteiger partial charge in [0.05, 0.1) is 22.9 Å². The van der Waals surface area contributed by atoms with Crippen molar-refractivity contribution in [3.8, 4) is 0 Å². The molecular weight excluding hydrogens is 338 g/mol. The molecule has 1 heterocycles. The van der Waals surface area contributed by atoms with Crippen LogP contribution in [0.4, 0.5) is 18.9 Å². The van der Waals surface area contributed by atoms with E-state index < -0.39 is 11.1 Å². The van der Waals surface area contributed by atoms with Crippen LogP contribution in [0.15, 0.2) is 24.3 Å². The highest BCUT2D eigenvalue weighted by atomic mass is 127. The number of hydrogen-bond acceptors (Lipinski definition) is 2. The molecule has 2 rings (SSSR count). The predicted octanol–water partition coefficient (Wildman–Crippen LogP) is 4.68. The van der Waals surface area contributed by atoms with Crippen LogP contribution in [0, 0.1) is 0 Å². The zero-order valence-corrected chi connectivity index (χ0v) is 10.2. The zero-order chi connectivity index (χ0) is 11.1. The average molecular weight is 343 g/mol. The Morgan fingerprint density at radius 3 is 2.53 bits per heavy atom. The number of benzene rings is 1. The van der Waals surface area contributed by atoms with Gasteiger partial charge in [0.1, 0.15) is 4.88 Å². The van der Waals surface area contributed by atoms with Crippen molar-refractivity contribution in [1.82, 2.24) is 0 Å². The first-order valence-electron chi connectivity index (χ1n) is 3.98. The van der Waals surface area contributed by atoms with Gasteiger partial charge in [0.25, 0.3) is 0 Å². The highest BCUT2D eigenvalue weighted by Crippen LogP contribution is 2.38. The molecule has 0 radical (unpaired) electrons. The molecule has 2 aromatic rings. The Labute approximate surface area is 102 Å². The van der Waals surface area contributed by atoms with Gasteiger partial charge >= 0.3 is 6.18 Å². The van der Waals surface area contributed by atoms with E-state index in [1.807, 2.05) is 22.9 Å². The second-order valence-corrected chi connectivity index (χ2v) is 4.58. The van der Waals surface area contributed by atoms with Gasteiger partial charge in [0, 0.05) is 10.4 Å². The predicted molar refractivity (Wildman–Crippen MR) is 64.5 cm³/mol. The maximum atomic E-state index is 12.4. The summed E-state index contributed by atoms with van der Waals surface area (Å²) in [7, 11) is 0. The largest absolute Gasteiger partial charge is 0.425 e. The molecule has 0 atom stereocenters. The molecule has 15 heavy (non-hydrogen) atoms. The van der Waals surface area contributed by atoms with Gasteiger partial charge in [-0.15, -0.1) is 11.3 Å². The molecule has 1 nitrogen and oxygen atoms in total. The molecule has 80 valence electrons. The van der Waals surface area contributed by atoms with Gasteiger partial charge in [-0.3, -0.25) is 0 Å². The Morgan fingerprint density at radius 2 is 1.93 bits per heavy atom. The van der Waals surface area contributed by atoms with Crippen molar-refractivity contribution in [3.05, 3.63) is 29.1 Å². The summed E-state index contributed by atoms with van der Waals surface area (Å²) in [5, 5.41) is 0.619. The molecule has 0 unspecified atom stereocenters. The minimum Gasteiger partial charge on any atom is -0.328 e. The van der Waals surface area contributed by atoms with E-state index in [1.165, 1.54) is 6.07 Å². The van der Waals surface area contributed by atoms with E-state index in [1.54, 1.807) is 18.2 Å². The van der Waals surface area contributed by atoms with Crippen molar-refractivity contribution in [1.29, 1.82) is 0 Å². The second kappa shape index (κ2) is 3.82. The van der Waals surface area contributed by atoms with E-state index >= 15 is 0 Å². The van der Waals surface area contributed by atoms with Crippen LogP contribution in [0.2, 0.25) is 0 Å². The van der Waals surface area contributed by atoms with Crippen LogP contribution in [0.25, 0.3) is 10.1 Å². The molecule has 0 aliphatic rings. The van der Waals surface area contributed by atoms with Gasteiger partial charge in [0.2, 0.25) is 0 Å². The van der Waals surface area contributed by atoms with Crippen LogP contribution in [-0.2, 0) is 6.18 Å². The van der Waals surface area contributed by atoms with Crippen LogP contribution in [0.5, 0.6) is 0 Å². The first-order chi connectivity index (χ1) is 7.00. The molecule has 0 bridgehead atoms. The molecule has 0 saturated carbocycles. The molecule has 0 amide bonds. The average Bonchev–Trinajstić information content (AvgIpc) is 2.59. The molecule has 0 fully saturated rings. The minimum atomic E-state index is -4.25. The fraction of sp³-hybridized carbons (Fsp3) is 0.111. The van der Waals surface area contributed by atoms with Crippen molar-refractivity contribution in [2.24, 2.45) is 0 Å². The van der Waals surface area contributed by atoms with Crippen molar-refractivity contribution in [3.63, 3.8) is 0 Å². The maximum absolute atomic E-state index is 12.4. The van der Waals surface area contributed by atoms with Gasteiger partial charge in [-0.2, -0.15) is 13.2 Å². The number of nitrogens with one attached hydrogen (secondary N) is 1. The van der Waals surface area contributed by atoms with Crippen LogP contribution in [0.1, 0.15) is 4.88 Å². The van der Waals surface area contributed by atoms with Crippen LogP contribution >= 0.6 is 34.2 Å². The molecular formula is C9H5F3INS. The lowest BCUT2D eigenvalue weighted by atomic mass is 10.2. The van der Waals surface area contributed by atoms with Crippen molar-refractivity contribution >= 4 is 50.0 Å². The third-order valence-electron chi connectivity index (χ3n) is 1.90. The number of anilines is 1. The maximum Gasteiger partial charge on any atom is 0.425 e. The smallest absolute Gasteiger partial charge is 0.328 e. The Hall–Kier alpha value is -0.500. The zero-order valence-electron chi connectivity index (χ0n) is 7.23. The number of halogens is 4. The summed E-state index contributed by atoms with van der Waals surface area (Å²) in [6, 6.07) is 6.33. The fourth-order valence-corrected chi connectivity index (χ4v) is 2.49. The van der Waals surface area contributed by atoms with Crippen LogP contribution < -0.4 is 3.53 Å². The number of alkyl halides is 3. The van der Waals surface area contributed by atoms with Gasteiger partial charge in [-0.1, -0.05) is 0 Å². The second-order valence-electron chi connectivity index (χ2n) is 2.96. The topological polar surface area (TPSA) is 12.0 Å². The van der Waals surface area contributed by atoms with Crippen molar-refractivity contribution in [2.75, 3.05) is 3.53 Å². The van der Waals surface area contributed by atoms with Gasteiger partial charge < -0.3 is 3.53 Å². The van der Waals surface area contributed by atoms with Gasteiger partial charge in [0.15, 0.2) is 0 Å². The normalized spacial score (nSPS) is 12.0. The molecule has 1 aromatic carbocycles. The molecule has 0 aliphatic carbocycles. The molecule has 0 saturated heterocycles. The Kier molecular flexibility index (Phi) is 2.80. The first-order valence-corrected chi connectivity index (χ1v) is 5.87. The van der Waals surface area contributed by atoms with Gasteiger partial charge in [-0.05, 0) is 29.7 Å². The molecule has 1 aromatic heterocycles. The van der Waals surface area contributed by atoms with E-state index in [0.717, 1.165) is 17.0 Å². The highest BCUT2D eigenvalue weighted by molar-refractivity contribution is 14.1. The van der Waals surface area contributed by atoms with Crippen molar-refractivity contribution in [2.45, 2.75) is 6.18 Å². The number of rotatable bonds is 1. The minimum absolute atomic E-state index is 0.553.